The summed E-state index contributed by atoms with van der Waals surface area (Å²) in [5.41, 5.74) is 1.90. The Balaban J connectivity index is 3.48. The van der Waals surface area contributed by atoms with Crippen molar-refractivity contribution in [3.05, 3.63) is 27.2 Å². The molecule has 0 heterocycles. The summed E-state index contributed by atoms with van der Waals surface area (Å²) in [6.45, 7) is 3.61. The highest BCUT2D eigenvalue weighted by Crippen LogP contribution is 2.37. The van der Waals surface area contributed by atoms with Crippen LogP contribution in [0.1, 0.15) is 22.8 Å². The van der Waals surface area contributed by atoms with Crippen LogP contribution in [0.4, 0.5) is 0 Å². The number of rotatable bonds is 3. The van der Waals surface area contributed by atoms with Crippen LogP contribution in [0, 0.1) is 13.8 Å². The number of halogens is 1. The Hall–Kier alpha value is -1.07. The van der Waals surface area contributed by atoms with Crippen LogP contribution in [-0.4, -0.2) is 23.3 Å². The van der Waals surface area contributed by atoms with Gasteiger partial charge in [0.25, 0.3) is 0 Å². The molecular formula is C11H13BrO4. The number of aliphatic hydroxyl groups excluding tert-OH is 1. The van der Waals surface area contributed by atoms with Crippen molar-refractivity contribution < 1.29 is 19.7 Å². The minimum atomic E-state index is -1.58. The number of carboxylic acids is 1. The topological polar surface area (TPSA) is 66.8 Å². The predicted octanol–water partition coefficient (Wildman–Crippen LogP) is 2.19. The molecule has 1 unspecified atom stereocenters. The number of carbonyl (C=O) groups is 1. The van der Waals surface area contributed by atoms with E-state index in [9.17, 15) is 9.90 Å². The smallest absolute Gasteiger partial charge is 0.337 e. The number of hydrogen-bond donors (Lipinski definition) is 2. The Morgan fingerprint density at radius 2 is 2.00 bits per heavy atom. The van der Waals surface area contributed by atoms with E-state index in [0.29, 0.717) is 15.8 Å². The van der Waals surface area contributed by atoms with E-state index in [4.69, 9.17) is 9.84 Å². The quantitative estimate of drug-likeness (QED) is 0.895. The van der Waals surface area contributed by atoms with Gasteiger partial charge in [-0.2, -0.15) is 0 Å². The van der Waals surface area contributed by atoms with Gasteiger partial charge in [-0.25, -0.2) is 4.79 Å². The average Bonchev–Trinajstić information content (AvgIpc) is 2.21. The number of aryl methyl sites for hydroxylation is 2. The van der Waals surface area contributed by atoms with Crippen LogP contribution in [0.5, 0.6) is 5.75 Å². The van der Waals surface area contributed by atoms with Crippen molar-refractivity contribution in [1.29, 1.82) is 0 Å². The number of aliphatic hydroxyl groups is 1. The van der Waals surface area contributed by atoms with E-state index in [1.54, 1.807) is 13.0 Å². The van der Waals surface area contributed by atoms with Gasteiger partial charge in [-0.1, -0.05) is 6.07 Å². The summed E-state index contributed by atoms with van der Waals surface area (Å²) >= 11 is 3.31. The van der Waals surface area contributed by atoms with Crippen LogP contribution in [0.3, 0.4) is 0 Å². The lowest BCUT2D eigenvalue weighted by molar-refractivity contribution is -0.147. The third kappa shape index (κ3) is 2.20. The van der Waals surface area contributed by atoms with Crippen LogP contribution < -0.4 is 4.74 Å². The molecule has 0 saturated heterocycles. The normalized spacial score (nSPS) is 12.3. The fraction of sp³-hybridized carbons (Fsp3) is 0.364. The van der Waals surface area contributed by atoms with Gasteiger partial charge in [-0.15, -0.1) is 0 Å². The number of aliphatic carboxylic acids is 1. The second kappa shape index (κ2) is 4.84. The van der Waals surface area contributed by atoms with E-state index in [1.165, 1.54) is 7.11 Å². The zero-order valence-electron chi connectivity index (χ0n) is 9.24. The van der Waals surface area contributed by atoms with Crippen molar-refractivity contribution in [1.82, 2.24) is 0 Å². The summed E-state index contributed by atoms with van der Waals surface area (Å²) in [5, 5.41) is 18.4. The summed E-state index contributed by atoms with van der Waals surface area (Å²) < 4.78 is 5.80. The molecule has 0 saturated carbocycles. The molecule has 1 aromatic carbocycles. The van der Waals surface area contributed by atoms with E-state index < -0.39 is 12.1 Å². The monoisotopic (exact) mass is 288 g/mol. The zero-order valence-corrected chi connectivity index (χ0v) is 10.8. The maximum absolute atomic E-state index is 10.8. The third-order valence-corrected chi connectivity index (χ3v) is 3.35. The van der Waals surface area contributed by atoms with Crippen molar-refractivity contribution >= 4 is 21.9 Å². The SMILES string of the molecule is COc1c(Br)c(C)cc(C)c1C(O)C(=O)O. The molecule has 5 heteroatoms. The summed E-state index contributed by atoms with van der Waals surface area (Å²) in [6.07, 6.45) is -1.58. The van der Waals surface area contributed by atoms with E-state index in [2.05, 4.69) is 15.9 Å². The Kier molecular flexibility index (Phi) is 3.93. The summed E-state index contributed by atoms with van der Waals surface area (Å²) in [4.78, 5) is 10.8. The van der Waals surface area contributed by atoms with Crippen molar-refractivity contribution in [2.24, 2.45) is 0 Å². The molecule has 1 aromatic rings. The number of benzene rings is 1. The molecule has 0 spiro atoms. The highest BCUT2D eigenvalue weighted by atomic mass is 79.9. The second-order valence-electron chi connectivity index (χ2n) is 3.51. The van der Waals surface area contributed by atoms with Crippen molar-refractivity contribution in [3.63, 3.8) is 0 Å². The standard InChI is InChI=1S/C11H13BrO4/c1-5-4-6(2)8(12)10(16-3)7(5)9(13)11(14)15/h4,9,13H,1-3H3,(H,14,15). The first kappa shape index (κ1) is 13.0. The summed E-state index contributed by atoms with van der Waals surface area (Å²) in [7, 11) is 1.44. The maximum Gasteiger partial charge on any atom is 0.337 e. The van der Waals surface area contributed by atoms with E-state index in [-0.39, 0.29) is 5.56 Å². The van der Waals surface area contributed by atoms with Crippen LogP contribution >= 0.6 is 15.9 Å². The maximum atomic E-state index is 10.8. The first-order valence-electron chi connectivity index (χ1n) is 4.64. The minimum Gasteiger partial charge on any atom is -0.495 e. The van der Waals surface area contributed by atoms with Gasteiger partial charge in [0, 0.05) is 5.56 Å². The fourth-order valence-electron chi connectivity index (χ4n) is 1.61. The number of ether oxygens (including phenoxy) is 1. The molecule has 1 atom stereocenters. The molecular weight excluding hydrogens is 276 g/mol. The van der Waals surface area contributed by atoms with Crippen LogP contribution in [0.25, 0.3) is 0 Å². The first-order chi connectivity index (χ1) is 7.40. The molecule has 4 nitrogen and oxygen atoms in total. The van der Waals surface area contributed by atoms with Gasteiger partial charge in [0.05, 0.1) is 11.6 Å². The molecule has 0 aliphatic heterocycles. The molecule has 0 fully saturated rings. The summed E-state index contributed by atoms with van der Waals surface area (Å²) in [5.74, 6) is -0.926. The van der Waals surface area contributed by atoms with Crippen LogP contribution in [0.15, 0.2) is 10.5 Å². The van der Waals surface area contributed by atoms with Gasteiger partial charge in [-0.05, 0) is 40.9 Å². The van der Waals surface area contributed by atoms with Crippen molar-refractivity contribution in [2.75, 3.05) is 7.11 Å². The number of carboxylic acid groups (broad SMARTS) is 1. The minimum absolute atomic E-state index is 0.285. The molecule has 0 aliphatic carbocycles. The Morgan fingerprint density at radius 3 is 2.44 bits per heavy atom. The largest absolute Gasteiger partial charge is 0.495 e. The molecule has 0 radical (unpaired) electrons. The van der Waals surface area contributed by atoms with Crippen molar-refractivity contribution in [3.8, 4) is 5.75 Å². The van der Waals surface area contributed by atoms with Crippen molar-refractivity contribution in [2.45, 2.75) is 20.0 Å². The first-order valence-corrected chi connectivity index (χ1v) is 5.43. The van der Waals surface area contributed by atoms with Gasteiger partial charge in [0.1, 0.15) is 5.75 Å². The van der Waals surface area contributed by atoms with Gasteiger partial charge in [0.15, 0.2) is 6.10 Å². The fourth-order valence-corrected chi connectivity index (χ4v) is 2.10. The molecule has 16 heavy (non-hydrogen) atoms. The zero-order chi connectivity index (χ0) is 12.5. The van der Waals surface area contributed by atoms with Gasteiger partial charge in [0.2, 0.25) is 0 Å². The Bertz CT molecular complexity index is 428. The van der Waals surface area contributed by atoms with E-state index >= 15 is 0 Å². The lowest BCUT2D eigenvalue weighted by Gasteiger charge is -2.17. The van der Waals surface area contributed by atoms with E-state index in [0.717, 1.165) is 5.56 Å². The summed E-state index contributed by atoms with van der Waals surface area (Å²) in [6, 6.07) is 1.80. The molecule has 88 valence electrons. The lowest BCUT2D eigenvalue weighted by Crippen LogP contribution is -2.13. The van der Waals surface area contributed by atoms with Crippen LogP contribution in [-0.2, 0) is 4.79 Å². The molecule has 0 aliphatic rings. The average molecular weight is 289 g/mol. The Labute approximate surface area is 102 Å². The number of hydrogen-bond acceptors (Lipinski definition) is 3. The highest BCUT2D eigenvalue weighted by Gasteiger charge is 2.25. The molecule has 0 amide bonds. The highest BCUT2D eigenvalue weighted by molar-refractivity contribution is 9.10. The lowest BCUT2D eigenvalue weighted by atomic mass is 9.99. The van der Waals surface area contributed by atoms with Crippen LogP contribution in [0.2, 0.25) is 0 Å². The number of methoxy groups -OCH3 is 1. The van der Waals surface area contributed by atoms with Gasteiger partial charge >= 0.3 is 5.97 Å². The second-order valence-corrected chi connectivity index (χ2v) is 4.31. The Morgan fingerprint density at radius 1 is 1.44 bits per heavy atom. The van der Waals surface area contributed by atoms with Gasteiger partial charge < -0.3 is 14.9 Å². The van der Waals surface area contributed by atoms with Gasteiger partial charge in [-0.3, -0.25) is 0 Å². The van der Waals surface area contributed by atoms with E-state index in [1.807, 2.05) is 6.92 Å². The molecule has 0 aromatic heterocycles. The predicted molar refractivity (Wildman–Crippen MR) is 62.8 cm³/mol. The third-order valence-electron chi connectivity index (χ3n) is 2.36. The molecule has 0 bridgehead atoms. The molecule has 2 N–H and O–H groups in total. The molecule has 1 rings (SSSR count).